The molecule has 6 nitrogen and oxygen atoms in total. The second kappa shape index (κ2) is 6.18. The smallest absolute Gasteiger partial charge is 0.139 e. The van der Waals surface area contributed by atoms with Crippen LogP contribution in [0, 0.1) is 0 Å². The lowest BCUT2D eigenvalue weighted by Crippen LogP contribution is -2.15. The Balaban J connectivity index is 2.32. The number of aliphatic hydroxyl groups excluding tert-OH is 1. The fourth-order valence-electron chi connectivity index (χ4n) is 1.96. The van der Waals surface area contributed by atoms with E-state index in [1.54, 1.807) is 24.3 Å². The highest BCUT2D eigenvalue weighted by Gasteiger charge is 2.22. The summed E-state index contributed by atoms with van der Waals surface area (Å²) in [6, 6.07) is 0. The fraction of sp³-hybridized carbons (Fsp3) is 0.500. The van der Waals surface area contributed by atoms with Crippen molar-refractivity contribution in [1.82, 2.24) is 19.3 Å². The van der Waals surface area contributed by atoms with E-state index in [0.29, 0.717) is 29.6 Å². The number of rotatable bonds is 6. The van der Waals surface area contributed by atoms with Crippen LogP contribution in [0.4, 0.5) is 0 Å². The largest absolute Gasteiger partial charge is 0.383 e. The number of ether oxygens (including phenoxy) is 1. The predicted molar refractivity (Wildman–Crippen MR) is 71.1 cm³/mol. The van der Waals surface area contributed by atoms with Crippen LogP contribution in [-0.4, -0.2) is 38.2 Å². The monoisotopic (exact) mass is 284 g/mol. The van der Waals surface area contributed by atoms with Crippen LogP contribution in [0.25, 0.3) is 0 Å². The van der Waals surface area contributed by atoms with Crippen LogP contribution in [0.3, 0.4) is 0 Å². The Morgan fingerprint density at radius 1 is 1.47 bits per heavy atom. The van der Waals surface area contributed by atoms with E-state index in [9.17, 15) is 5.11 Å². The zero-order chi connectivity index (χ0) is 13.8. The zero-order valence-electron chi connectivity index (χ0n) is 11.0. The lowest BCUT2D eigenvalue weighted by Gasteiger charge is -2.15. The molecule has 0 saturated carbocycles. The third-order valence-corrected chi connectivity index (χ3v) is 3.26. The summed E-state index contributed by atoms with van der Waals surface area (Å²) in [6.07, 6.45) is 4.00. The van der Waals surface area contributed by atoms with Crippen molar-refractivity contribution in [3.05, 3.63) is 35.1 Å². The number of aromatic nitrogens is 4. The summed E-state index contributed by atoms with van der Waals surface area (Å²) in [4.78, 5) is 4.05. The van der Waals surface area contributed by atoms with E-state index in [-0.39, 0.29) is 0 Å². The van der Waals surface area contributed by atoms with Crippen molar-refractivity contribution < 1.29 is 9.84 Å². The van der Waals surface area contributed by atoms with Crippen LogP contribution in [0.1, 0.15) is 24.4 Å². The molecule has 2 aromatic heterocycles. The van der Waals surface area contributed by atoms with E-state index in [1.165, 1.54) is 6.20 Å². The molecule has 0 fully saturated rings. The average molecular weight is 285 g/mol. The molecule has 0 aliphatic carbocycles. The molecular weight excluding hydrogens is 268 g/mol. The highest BCUT2D eigenvalue weighted by Crippen LogP contribution is 2.28. The molecule has 2 rings (SSSR count). The molecule has 0 saturated heterocycles. The lowest BCUT2D eigenvalue weighted by atomic mass is 10.2. The minimum Gasteiger partial charge on any atom is -0.383 e. The van der Waals surface area contributed by atoms with Crippen LogP contribution < -0.4 is 0 Å². The Kier molecular flexibility index (Phi) is 4.57. The van der Waals surface area contributed by atoms with Crippen molar-refractivity contribution in [1.29, 1.82) is 0 Å². The van der Waals surface area contributed by atoms with Gasteiger partial charge in [0.25, 0.3) is 0 Å². The summed E-state index contributed by atoms with van der Waals surface area (Å²) in [6.45, 7) is 3.76. The van der Waals surface area contributed by atoms with Gasteiger partial charge in [-0.05, 0) is 6.92 Å². The first-order valence-electron chi connectivity index (χ1n) is 6.07. The van der Waals surface area contributed by atoms with Crippen molar-refractivity contribution in [3.63, 3.8) is 0 Å². The van der Waals surface area contributed by atoms with Gasteiger partial charge in [0.1, 0.15) is 6.10 Å². The Morgan fingerprint density at radius 2 is 2.26 bits per heavy atom. The summed E-state index contributed by atoms with van der Waals surface area (Å²) < 4.78 is 8.55. The molecular formula is C12H17ClN4O2. The minimum absolute atomic E-state index is 0.437. The maximum Gasteiger partial charge on any atom is 0.139 e. The van der Waals surface area contributed by atoms with Crippen molar-refractivity contribution in [2.75, 3.05) is 13.7 Å². The first kappa shape index (κ1) is 14.0. The highest BCUT2D eigenvalue weighted by molar-refractivity contribution is 6.31. The maximum absolute atomic E-state index is 10.5. The lowest BCUT2D eigenvalue weighted by molar-refractivity contribution is 0.168. The van der Waals surface area contributed by atoms with E-state index >= 15 is 0 Å². The van der Waals surface area contributed by atoms with Crippen molar-refractivity contribution in [2.45, 2.75) is 26.1 Å². The molecule has 1 unspecified atom stereocenters. The van der Waals surface area contributed by atoms with Gasteiger partial charge < -0.3 is 14.4 Å². The van der Waals surface area contributed by atoms with E-state index < -0.39 is 6.10 Å². The summed E-state index contributed by atoms with van der Waals surface area (Å²) in [5, 5.41) is 15.1. The van der Waals surface area contributed by atoms with Gasteiger partial charge in [0.15, 0.2) is 0 Å². The normalized spacial score (nSPS) is 12.8. The summed E-state index contributed by atoms with van der Waals surface area (Å²) in [7, 11) is 1.62. The molecule has 0 aliphatic rings. The first-order valence-corrected chi connectivity index (χ1v) is 6.45. The number of imidazole rings is 1. The third kappa shape index (κ3) is 2.80. The number of hydrogen-bond acceptors (Lipinski definition) is 4. The molecule has 0 bridgehead atoms. The molecule has 0 spiro atoms. The number of hydrogen-bond donors (Lipinski definition) is 1. The van der Waals surface area contributed by atoms with E-state index in [4.69, 9.17) is 16.3 Å². The quantitative estimate of drug-likeness (QED) is 0.873. The topological polar surface area (TPSA) is 65.1 Å². The second-order valence-corrected chi connectivity index (χ2v) is 4.51. The summed E-state index contributed by atoms with van der Waals surface area (Å²) in [5.74, 6) is 0. The van der Waals surface area contributed by atoms with Crippen LogP contribution >= 0.6 is 11.6 Å². The van der Waals surface area contributed by atoms with Gasteiger partial charge in [-0.1, -0.05) is 11.6 Å². The highest BCUT2D eigenvalue weighted by atomic mass is 35.5. The molecule has 104 valence electrons. The molecule has 7 heteroatoms. The van der Waals surface area contributed by atoms with Gasteiger partial charge in [-0.25, -0.2) is 4.98 Å². The predicted octanol–water partition coefficient (Wildman–Crippen LogP) is 1.48. The number of nitrogens with zero attached hydrogens (tertiary/aromatic N) is 4. The van der Waals surface area contributed by atoms with E-state index in [2.05, 4.69) is 10.1 Å². The van der Waals surface area contributed by atoms with Crippen molar-refractivity contribution in [2.24, 2.45) is 0 Å². The molecule has 0 aromatic carbocycles. The average Bonchev–Trinajstić information content (AvgIpc) is 3.02. The molecule has 1 N–H and O–H groups in total. The molecule has 1 atom stereocenters. The summed E-state index contributed by atoms with van der Waals surface area (Å²) in [5.41, 5.74) is 1.26. The Morgan fingerprint density at radius 3 is 2.95 bits per heavy atom. The van der Waals surface area contributed by atoms with Gasteiger partial charge >= 0.3 is 0 Å². The molecule has 0 radical (unpaired) electrons. The minimum atomic E-state index is -0.852. The van der Waals surface area contributed by atoms with Crippen molar-refractivity contribution >= 4 is 11.6 Å². The Hall–Kier alpha value is -1.37. The Labute approximate surface area is 116 Å². The van der Waals surface area contributed by atoms with Gasteiger partial charge in [0.2, 0.25) is 0 Å². The molecule has 0 amide bonds. The number of aliphatic hydroxyl groups is 1. The Bertz CT molecular complexity index is 538. The van der Waals surface area contributed by atoms with Gasteiger partial charge in [0, 0.05) is 13.7 Å². The van der Waals surface area contributed by atoms with Crippen LogP contribution in [0.15, 0.2) is 18.7 Å². The van der Waals surface area contributed by atoms with Crippen molar-refractivity contribution in [3.8, 4) is 0 Å². The third-order valence-electron chi connectivity index (χ3n) is 2.96. The zero-order valence-corrected chi connectivity index (χ0v) is 11.7. The number of aryl methyl sites for hydroxylation is 1. The summed E-state index contributed by atoms with van der Waals surface area (Å²) >= 11 is 6.12. The molecule has 2 aromatic rings. The number of halogens is 1. The standard InChI is InChI=1S/C12H17ClN4O2/c1-3-16-8-14-7-10(16)12(18)11-9(13)6-15-17(11)4-5-19-2/h6-8,12,18H,3-5H2,1-2H3. The number of methoxy groups -OCH3 is 1. The van der Waals surface area contributed by atoms with Crippen LogP contribution in [-0.2, 0) is 17.8 Å². The SMILES string of the molecule is CCn1cncc1C(O)c1c(Cl)cnn1CCOC. The van der Waals surface area contributed by atoms with Crippen LogP contribution in [0.5, 0.6) is 0 Å². The molecule has 19 heavy (non-hydrogen) atoms. The van der Waals surface area contributed by atoms with Gasteiger partial charge in [0.05, 0.1) is 48.3 Å². The molecule has 2 heterocycles. The second-order valence-electron chi connectivity index (χ2n) is 4.10. The molecule has 0 aliphatic heterocycles. The fourth-order valence-corrected chi connectivity index (χ4v) is 2.21. The van der Waals surface area contributed by atoms with Crippen LogP contribution in [0.2, 0.25) is 5.02 Å². The van der Waals surface area contributed by atoms with E-state index in [0.717, 1.165) is 6.54 Å². The van der Waals surface area contributed by atoms with Gasteiger partial charge in [-0.2, -0.15) is 5.10 Å². The first-order chi connectivity index (χ1) is 9.19. The van der Waals surface area contributed by atoms with Gasteiger partial charge in [-0.15, -0.1) is 0 Å². The maximum atomic E-state index is 10.5. The van der Waals surface area contributed by atoms with Gasteiger partial charge in [-0.3, -0.25) is 4.68 Å². The van der Waals surface area contributed by atoms with E-state index in [1.807, 2.05) is 11.5 Å².